The Morgan fingerprint density at radius 3 is 2.38 bits per heavy atom. The first-order chi connectivity index (χ1) is 5.94. The van der Waals surface area contributed by atoms with Crippen molar-refractivity contribution in [2.24, 2.45) is 23.2 Å². The van der Waals surface area contributed by atoms with Crippen LogP contribution in [0.2, 0.25) is 0 Å². The molecule has 3 heteroatoms. The Labute approximate surface area is 77.8 Å². The molecule has 0 aliphatic heterocycles. The molecule has 2 aliphatic carbocycles. The number of aliphatic hydroxyl groups is 1. The molecule has 0 amide bonds. The first kappa shape index (κ1) is 9.00. The van der Waals surface area contributed by atoms with Crippen LogP contribution in [0.4, 0.5) is 0 Å². The van der Waals surface area contributed by atoms with Crippen LogP contribution in [0.1, 0.15) is 26.7 Å². The zero-order valence-corrected chi connectivity index (χ0v) is 8.03. The zero-order chi connectivity index (χ0) is 9.80. The number of carbonyl (C=O) groups is 1. The van der Waals surface area contributed by atoms with E-state index in [1.165, 1.54) is 0 Å². The molecule has 4 unspecified atom stereocenters. The molecule has 0 aromatic carbocycles. The van der Waals surface area contributed by atoms with E-state index in [2.05, 4.69) is 0 Å². The van der Waals surface area contributed by atoms with E-state index < -0.39 is 5.97 Å². The van der Waals surface area contributed by atoms with Gasteiger partial charge >= 0.3 is 5.97 Å². The number of fused-ring (bicyclic) bond motifs is 2. The third-order valence-corrected chi connectivity index (χ3v) is 4.06. The lowest BCUT2D eigenvalue weighted by molar-refractivity contribution is -0.150. The highest BCUT2D eigenvalue weighted by molar-refractivity contribution is 5.72. The Hall–Kier alpha value is -0.570. The van der Waals surface area contributed by atoms with E-state index in [4.69, 9.17) is 5.11 Å². The van der Waals surface area contributed by atoms with E-state index in [1.807, 2.05) is 13.8 Å². The SMILES string of the molecule is CC1(C)C2CC(CC2O)C1C(=O)O. The van der Waals surface area contributed by atoms with Crippen LogP contribution in [0, 0.1) is 23.2 Å². The van der Waals surface area contributed by atoms with Crippen molar-refractivity contribution in [2.75, 3.05) is 0 Å². The maximum Gasteiger partial charge on any atom is 0.307 e. The molecular formula is C10H16O3. The molecule has 2 aliphatic rings. The molecule has 0 radical (unpaired) electrons. The predicted octanol–water partition coefficient (Wildman–Crippen LogP) is 1.11. The third kappa shape index (κ3) is 1.03. The van der Waals surface area contributed by atoms with Crippen molar-refractivity contribution in [3.8, 4) is 0 Å². The van der Waals surface area contributed by atoms with Gasteiger partial charge in [-0.25, -0.2) is 0 Å². The molecule has 2 saturated carbocycles. The van der Waals surface area contributed by atoms with Gasteiger partial charge in [0.25, 0.3) is 0 Å². The van der Waals surface area contributed by atoms with Gasteiger partial charge in [-0.2, -0.15) is 0 Å². The van der Waals surface area contributed by atoms with Crippen molar-refractivity contribution in [1.29, 1.82) is 0 Å². The van der Waals surface area contributed by atoms with Gasteiger partial charge < -0.3 is 10.2 Å². The van der Waals surface area contributed by atoms with Gasteiger partial charge in [0.05, 0.1) is 12.0 Å². The molecule has 2 bridgehead atoms. The van der Waals surface area contributed by atoms with Crippen molar-refractivity contribution < 1.29 is 15.0 Å². The first-order valence-electron chi connectivity index (χ1n) is 4.85. The van der Waals surface area contributed by atoms with Crippen molar-refractivity contribution in [1.82, 2.24) is 0 Å². The molecule has 0 aromatic heterocycles. The van der Waals surface area contributed by atoms with Crippen LogP contribution in [0.5, 0.6) is 0 Å². The summed E-state index contributed by atoms with van der Waals surface area (Å²) in [6.45, 7) is 3.94. The maximum absolute atomic E-state index is 11.0. The Balaban J connectivity index is 2.30. The molecule has 2 fully saturated rings. The fraction of sp³-hybridized carbons (Fsp3) is 0.900. The highest BCUT2D eigenvalue weighted by Gasteiger charge is 2.59. The van der Waals surface area contributed by atoms with Crippen LogP contribution in [0.15, 0.2) is 0 Å². The summed E-state index contributed by atoms with van der Waals surface area (Å²) in [5.41, 5.74) is -0.228. The van der Waals surface area contributed by atoms with Gasteiger partial charge in [-0.3, -0.25) is 4.79 Å². The number of carboxylic acid groups (broad SMARTS) is 1. The maximum atomic E-state index is 11.0. The lowest BCUT2D eigenvalue weighted by atomic mass is 9.68. The van der Waals surface area contributed by atoms with Gasteiger partial charge in [0, 0.05) is 0 Å². The zero-order valence-electron chi connectivity index (χ0n) is 8.03. The smallest absolute Gasteiger partial charge is 0.307 e. The molecule has 0 spiro atoms. The standard InChI is InChI=1S/C10H16O3/c1-10(2)6-3-5(4-7(6)11)8(10)9(12)13/h5-8,11H,3-4H2,1-2H3,(H,12,13). The molecule has 0 saturated heterocycles. The molecule has 4 atom stereocenters. The van der Waals surface area contributed by atoms with Crippen LogP contribution in [-0.2, 0) is 4.79 Å². The number of hydrogen-bond acceptors (Lipinski definition) is 2. The number of rotatable bonds is 1. The van der Waals surface area contributed by atoms with Crippen molar-refractivity contribution >= 4 is 5.97 Å². The molecule has 74 valence electrons. The second kappa shape index (κ2) is 2.47. The molecule has 3 nitrogen and oxygen atoms in total. The van der Waals surface area contributed by atoms with Crippen LogP contribution in [0.25, 0.3) is 0 Å². The monoisotopic (exact) mass is 184 g/mol. The Morgan fingerprint density at radius 2 is 2.00 bits per heavy atom. The van der Waals surface area contributed by atoms with Gasteiger partial charge in [0.1, 0.15) is 0 Å². The van der Waals surface area contributed by atoms with Gasteiger partial charge in [-0.15, -0.1) is 0 Å². The molecule has 2 N–H and O–H groups in total. The van der Waals surface area contributed by atoms with Gasteiger partial charge in [-0.1, -0.05) is 13.8 Å². The third-order valence-electron chi connectivity index (χ3n) is 4.06. The quantitative estimate of drug-likeness (QED) is 0.642. The average molecular weight is 184 g/mol. The molecule has 13 heavy (non-hydrogen) atoms. The molecule has 0 heterocycles. The Kier molecular flexibility index (Phi) is 1.71. The molecule has 0 aromatic rings. The number of aliphatic carboxylic acids is 1. The van der Waals surface area contributed by atoms with E-state index >= 15 is 0 Å². The first-order valence-corrected chi connectivity index (χ1v) is 4.85. The summed E-state index contributed by atoms with van der Waals surface area (Å²) >= 11 is 0. The minimum atomic E-state index is -0.690. The fourth-order valence-electron chi connectivity index (χ4n) is 3.48. The molecular weight excluding hydrogens is 168 g/mol. The molecule has 2 rings (SSSR count). The Bertz CT molecular complexity index is 247. The highest BCUT2D eigenvalue weighted by Crippen LogP contribution is 2.59. The summed E-state index contributed by atoms with van der Waals surface area (Å²) in [4.78, 5) is 11.0. The lowest BCUT2D eigenvalue weighted by Crippen LogP contribution is -2.41. The summed E-state index contributed by atoms with van der Waals surface area (Å²) in [5.74, 6) is -0.545. The summed E-state index contributed by atoms with van der Waals surface area (Å²) < 4.78 is 0. The predicted molar refractivity (Wildman–Crippen MR) is 47.1 cm³/mol. The number of aliphatic hydroxyl groups excluding tert-OH is 1. The van der Waals surface area contributed by atoms with E-state index in [9.17, 15) is 9.90 Å². The van der Waals surface area contributed by atoms with E-state index in [0.29, 0.717) is 6.42 Å². The average Bonchev–Trinajstić information content (AvgIpc) is 2.39. The van der Waals surface area contributed by atoms with Crippen molar-refractivity contribution in [2.45, 2.75) is 32.8 Å². The van der Waals surface area contributed by atoms with Crippen molar-refractivity contribution in [3.63, 3.8) is 0 Å². The summed E-state index contributed by atoms with van der Waals surface area (Å²) in [6.07, 6.45) is 1.31. The van der Waals surface area contributed by atoms with Gasteiger partial charge in [-0.05, 0) is 30.1 Å². The second-order valence-corrected chi connectivity index (χ2v) is 5.04. The summed E-state index contributed by atoms with van der Waals surface area (Å²) in [5, 5.41) is 18.7. The normalized spacial score (nSPS) is 46.7. The van der Waals surface area contributed by atoms with Crippen molar-refractivity contribution in [3.05, 3.63) is 0 Å². The van der Waals surface area contributed by atoms with Crippen LogP contribution >= 0.6 is 0 Å². The van der Waals surface area contributed by atoms with Crippen LogP contribution in [0.3, 0.4) is 0 Å². The summed E-state index contributed by atoms with van der Waals surface area (Å²) in [7, 11) is 0. The fourth-order valence-corrected chi connectivity index (χ4v) is 3.48. The van der Waals surface area contributed by atoms with Crippen LogP contribution < -0.4 is 0 Å². The largest absolute Gasteiger partial charge is 0.481 e. The van der Waals surface area contributed by atoms with E-state index in [0.717, 1.165) is 6.42 Å². The van der Waals surface area contributed by atoms with E-state index in [-0.39, 0.29) is 29.3 Å². The summed E-state index contributed by atoms with van der Waals surface area (Å²) in [6, 6.07) is 0. The van der Waals surface area contributed by atoms with Crippen LogP contribution in [-0.4, -0.2) is 22.3 Å². The van der Waals surface area contributed by atoms with E-state index in [1.54, 1.807) is 0 Å². The minimum Gasteiger partial charge on any atom is -0.481 e. The highest BCUT2D eigenvalue weighted by atomic mass is 16.4. The van der Waals surface area contributed by atoms with Gasteiger partial charge in [0.15, 0.2) is 0 Å². The number of hydrogen-bond donors (Lipinski definition) is 2. The topological polar surface area (TPSA) is 57.5 Å². The number of carboxylic acids is 1. The minimum absolute atomic E-state index is 0.193. The van der Waals surface area contributed by atoms with Gasteiger partial charge in [0.2, 0.25) is 0 Å². The second-order valence-electron chi connectivity index (χ2n) is 5.04. The lowest BCUT2D eigenvalue weighted by Gasteiger charge is -2.38. The Morgan fingerprint density at radius 1 is 1.38 bits per heavy atom.